The Morgan fingerprint density at radius 2 is 2.05 bits per heavy atom. The third-order valence-corrected chi connectivity index (χ3v) is 4.65. The molecule has 1 rings (SSSR count). The molecular weight excluding hydrogens is 264 g/mol. The van der Waals surface area contributed by atoms with Crippen LogP contribution < -0.4 is 5.14 Å². The maximum Gasteiger partial charge on any atom is 0.223 e. The van der Waals surface area contributed by atoms with E-state index in [4.69, 9.17) is 5.14 Å². The maximum atomic E-state index is 11.9. The largest absolute Gasteiger partial charge is 0.340 e. The standard InChI is InChI=1S/C13H26N2O3S/c1-3-4-5-6-7-11(2)15-9-12(8-13(15)16)10-19(14,17)18/h11-12H,3-10H2,1-2H3,(H2,14,17,18). The van der Waals surface area contributed by atoms with E-state index in [2.05, 4.69) is 6.92 Å². The van der Waals surface area contributed by atoms with Crippen molar-refractivity contribution in [1.82, 2.24) is 4.90 Å². The second-order valence-electron chi connectivity index (χ2n) is 5.64. The van der Waals surface area contributed by atoms with E-state index in [1.807, 2.05) is 11.8 Å². The van der Waals surface area contributed by atoms with Gasteiger partial charge in [-0.25, -0.2) is 13.6 Å². The van der Waals surface area contributed by atoms with Gasteiger partial charge in [0.1, 0.15) is 0 Å². The fourth-order valence-corrected chi connectivity index (χ4v) is 3.58. The molecule has 1 aliphatic heterocycles. The Kier molecular flexibility index (Phi) is 6.26. The van der Waals surface area contributed by atoms with Crippen molar-refractivity contribution in [1.29, 1.82) is 0 Å². The minimum absolute atomic E-state index is 0.0663. The molecule has 6 heteroatoms. The molecule has 1 heterocycles. The molecule has 0 spiro atoms. The van der Waals surface area contributed by atoms with Crippen molar-refractivity contribution in [2.24, 2.45) is 11.1 Å². The quantitative estimate of drug-likeness (QED) is 0.688. The molecule has 5 nitrogen and oxygen atoms in total. The van der Waals surface area contributed by atoms with E-state index >= 15 is 0 Å². The Labute approximate surface area is 116 Å². The first kappa shape index (κ1) is 16.4. The minimum Gasteiger partial charge on any atom is -0.340 e. The summed E-state index contributed by atoms with van der Waals surface area (Å²) in [4.78, 5) is 13.7. The molecule has 0 aliphatic carbocycles. The van der Waals surface area contributed by atoms with Crippen LogP contribution in [0.15, 0.2) is 0 Å². The number of carbonyl (C=O) groups is 1. The fourth-order valence-electron chi connectivity index (χ4n) is 2.70. The summed E-state index contributed by atoms with van der Waals surface area (Å²) in [6.07, 6.45) is 6.06. The zero-order valence-electron chi connectivity index (χ0n) is 12.0. The zero-order chi connectivity index (χ0) is 14.5. The first-order valence-corrected chi connectivity index (χ1v) is 8.85. The molecule has 2 unspecified atom stereocenters. The summed E-state index contributed by atoms with van der Waals surface area (Å²) >= 11 is 0. The lowest BCUT2D eigenvalue weighted by Gasteiger charge is -2.24. The van der Waals surface area contributed by atoms with Crippen LogP contribution in [0.2, 0.25) is 0 Å². The number of likely N-dealkylation sites (tertiary alicyclic amines) is 1. The van der Waals surface area contributed by atoms with E-state index < -0.39 is 10.0 Å². The summed E-state index contributed by atoms with van der Waals surface area (Å²) in [6, 6.07) is 0.204. The highest BCUT2D eigenvalue weighted by atomic mass is 32.2. The lowest BCUT2D eigenvalue weighted by molar-refractivity contribution is -0.129. The first-order valence-electron chi connectivity index (χ1n) is 7.13. The number of hydrogen-bond donors (Lipinski definition) is 1. The number of nitrogens with zero attached hydrogens (tertiary/aromatic N) is 1. The Balaban J connectivity index is 2.40. The smallest absolute Gasteiger partial charge is 0.223 e. The molecule has 0 aromatic heterocycles. The molecule has 0 aromatic carbocycles. The van der Waals surface area contributed by atoms with Gasteiger partial charge in [0.15, 0.2) is 0 Å². The normalized spacial score (nSPS) is 21.9. The van der Waals surface area contributed by atoms with Crippen molar-refractivity contribution in [2.45, 2.75) is 58.4 Å². The lowest BCUT2D eigenvalue weighted by Crippen LogP contribution is -2.35. The summed E-state index contributed by atoms with van der Waals surface area (Å²) in [7, 11) is -3.48. The van der Waals surface area contributed by atoms with Crippen LogP contribution >= 0.6 is 0 Å². The van der Waals surface area contributed by atoms with Crippen LogP contribution in [0, 0.1) is 5.92 Å². The molecule has 2 atom stereocenters. The summed E-state index contributed by atoms with van der Waals surface area (Å²) in [5.41, 5.74) is 0. The van der Waals surface area contributed by atoms with Crippen molar-refractivity contribution in [3.05, 3.63) is 0 Å². The van der Waals surface area contributed by atoms with E-state index in [1.54, 1.807) is 0 Å². The number of primary sulfonamides is 1. The van der Waals surface area contributed by atoms with E-state index in [0.717, 1.165) is 12.8 Å². The average molecular weight is 290 g/mol. The van der Waals surface area contributed by atoms with Gasteiger partial charge in [-0.3, -0.25) is 4.79 Å². The minimum atomic E-state index is -3.48. The molecule has 19 heavy (non-hydrogen) atoms. The molecule has 1 fully saturated rings. The van der Waals surface area contributed by atoms with Gasteiger partial charge in [-0.2, -0.15) is 0 Å². The van der Waals surface area contributed by atoms with Gasteiger partial charge in [-0.1, -0.05) is 32.6 Å². The van der Waals surface area contributed by atoms with Crippen LogP contribution in [0.25, 0.3) is 0 Å². The molecule has 2 N–H and O–H groups in total. The predicted molar refractivity (Wildman–Crippen MR) is 76.0 cm³/mol. The van der Waals surface area contributed by atoms with Gasteiger partial charge < -0.3 is 4.90 Å². The number of rotatable bonds is 8. The molecule has 0 aromatic rings. The Hall–Kier alpha value is -0.620. The van der Waals surface area contributed by atoms with Crippen LogP contribution in [0.5, 0.6) is 0 Å². The van der Waals surface area contributed by atoms with Crippen LogP contribution in [-0.2, 0) is 14.8 Å². The number of unbranched alkanes of at least 4 members (excludes halogenated alkanes) is 3. The van der Waals surface area contributed by atoms with Gasteiger partial charge in [0.25, 0.3) is 0 Å². The average Bonchev–Trinajstić information content (AvgIpc) is 2.63. The number of carbonyl (C=O) groups excluding carboxylic acids is 1. The molecule has 112 valence electrons. The Bertz CT molecular complexity index is 395. The van der Waals surface area contributed by atoms with Crippen LogP contribution in [0.3, 0.4) is 0 Å². The predicted octanol–water partition coefficient (Wildman–Crippen LogP) is 1.48. The second kappa shape index (κ2) is 7.24. The summed E-state index contributed by atoms with van der Waals surface area (Å²) < 4.78 is 22.1. The maximum absolute atomic E-state index is 11.9. The topological polar surface area (TPSA) is 80.5 Å². The van der Waals surface area contributed by atoms with Gasteiger partial charge in [0, 0.05) is 24.9 Å². The summed E-state index contributed by atoms with van der Waals surface area (Å²) in [5, 5.41) is 5.04. The highest BCUT2D eigenvalue weighted by Crippen LogP contribution is 2.23. The lowest BCUT2D eigenvalue weighted by atomic mass is 10.1. The molecule has 0 saturated carbocycles. The SMILES string of the molecule is CCCCCCC(C)N1CC(CS(N)(=O)=O)CC1=O. The third kappa shape index (κ3) is 5.91. The highest BCUT2D eigenvalue weighted by molar-refractivity contribution is 7.89. The molecule has 1 saturated heterocycles. The van der Waals surface area contributed by atoms with Crippen LogP contribution in [-0.4, -0.2) is 37.6 Å². The monoisotopic (exact) mass is 290 g/mol. The van der Waals surface area contributed by atoms with Crippen molar-refractivity contribution in [3.8, 4) is 0 Å². The van der Waals surface area contributed by atoms with Gasteiger partial charge in [-0.15, -0.1) is 0 Å². The number of sulfonamides is 1. The Morgan fingerprint density at radius 3 is 2.63 bits per heavy atom. The highest BCUT2D eigenvalue weighted by Gasteiger charge is 2.34. The van der Waals surface area contributed by atoms with Crippen LogP contribution in [0.4, 0.5) is 0 Å². The van der Waals surface area contributed by atoms with E-state index in [1.165, 1.54) is 19.3 Å². The van der Waals surface area contributed by atoms with E-state index in [-0.39, 0.29) is 23.6 Å². The molecule has 0 bridgehead atoms. The van der Waals surface area contributed by atoms with Crippen molar-refractivity contribution in [2.75, 3.05) is 12.3 Å². The number of nitrogens with two attached hydrogens (primary N) is 1. The van der Waals surface area contributed by atoms with Gasteiger partial charge >= 0.3 is 0 Å². The summed E-state index contributed by atoms with van der Waals surface area (Å²) in [6.45, 7) is 4.75. The van der Waals surface area contributed by atoms with Gasteiger partial charge in [0.05, 0.1) is 5.75 Å². The number of hydrogen-bond acceptors (Lipinski definition) is 3. The van der Waals surface area contributed by atoms with E-state index in [9.17, 15) is 13.2 Å². The van der Waals surface area contributed by atoms with Gasteiger partial charge in [0.2, 0.25) is 15.9 Å². The third-order valence-electron chi connectivity index (χ3n) is 3.71. The molecule has 1 aliphatic rings. The fraction of sp³-hybridized carbons (Fsp3) is 0.923. The van der Waals surface area contributed by atoms with Crippen molar-refractivity contribution >= 4 is 15.9 Å². The number of amides is 1. The molecular formula is C13H26N2O3S. The zero-order valence-corrected chi connectivity index (χ0v) is 12.8. The second-order valence-corrected chi connectivity index (χ2v) is 7.30. The Morgan fingerprint density at radius 1 is 1.37 bits per heavy atom. The first-order chi connectivity index (χ1) is 8.83. The van der Waals surface area contributed by atoms with Crippen molar-refractivity contribution < 1.29 is 13.2 Å². The molecule has 1 amide bonds. The van der Waals surface area contributed by atoms with E-state index in [0.29, 0.717) is 13.0 Å². The summed E-state index contributed by atoms with van der Waals surface area (Å²) in [5.74, 6) is -0.158. The van der Waals surface area contributed by atoms with Crippen molar-refractivity contribution in [3.63, 3.8) is 0 Å². The van der Waals surface area contributed by atoms with Crippen LogP contribution in [0.1, 0.15) is 52.4 Å². The van der Waals surface area contributed by atoms with Gasteiger partial charge in [-0.05, 0) is 13.3 Å². The molecule has 0 radical (unpaired) electrons.